The van der Waals surface area contributed by atoms with E-state index in [2.05, 4.69) is 43.2 Å². The van der Waals surface area contributed by atoms with Gasteiger partial charge in [-0.3, -0.25) is 0 Å². The van der Waals surface area contributed by atoms with Gasteiger partial charge in [-0.05, 0) is 31.5 Å². The van der Waals surface area contributed by atoms with Gasteiger partial charge in [0.15, 0.2) is 0 Å². The van der Waals surface area contributed by atoms with Gasteiger partial charge in [0.1, 0.15) is 0 Å². The maximum Gasteiger partial charge on any atom is 0.0663 e. The topological polar surface area (TPSA) is 15.8 Å². The summed E-state index contributed by atoms with van der Waals surface area (Å²) in [5, 5.41) is 1.28. The van der Waals surface area contributed by atoms with Crippen molar-refractivity contribution in [2.45, 2.75) is 13.8 Å². The molecule has 1 heterocycles. The molecule has 11 heavy (non-hydrogen) atoms. The average molecular weight is 144 g/mol. The second kappa shape index (κ2) is 2.12. The van der Waals surface area contributed by atoms with E-state index in [9.17, 15) is 0 Å². The van der Waals surface area contributed by atoms with Crippen molar-refractivity contribution in [3.63, 3.8) is 0 Å². The van der Waals surface area contributed by atoms with Crippen LogP contribution in [0.15, 0.2) is 18.2 Å². The Morgan fingerprint density at radius 1 is 1.27 bits per heavy atom. The van der Waals surface area contributed by atoms with Crippen molar-refractivity contribution in [3.05, 3.63) is 35.5 Å². The Hall–Kier alpha value is -1.24. The van der Waals surface area contributed by atoms with Gasteiger partial charge >= 0.3 is 0 Å². The summed E-state index contributed by atoms with van der Waals surface area (Å²) >= 11 is 0. The number of hydrogen-bond acceptors (Lipinski definition) is 0. The van der Waals surface area contributed by atoms with E-state index >= 15 is 0 Å². The number of hydrogen-bond donors (Lipinski definition) is 1. The first-order valence-corrected chi connectivity index (χ1v) is 3.74. The molecule has 2 aromatic rings. The summed E-state index contributed by atoms with van der Waals surface area (Å²) in [6.07, 6.45) is 3.08. The molecule has 55 valence electrons. The number of rotatable bonds is 0. The maximum atomic E-state index is 3.09. The standard InChI is InChI=1S/C10H10N/c1-7-3-4-10-9(5-7)8(2)6-11-10/h3-5,11H,1-2H3. The van der Waals surface area contributed by atoms with Gasteiger partial charge in [0.2, 0.25) is 0 Å². The number of benzene rings is 1. The Bertz CT molecular complexity index is 385. The van der Waals surface area contributed by atoms with E-state index in [4.69, 9.17) is 0 Å². The Labute approximate surface area is 66.1 Å². The Morgan fingerprint density at radius 3 is 2.91 bits per heavy atom. The van der Waals surface area contributed by atoms with E-state index in [1.54, 1.807) is 0 Å². The third-order valence-corrected chi connectivity index (χ3v) is 1.96. The summed E-state index contributed by atoms with van der Waals surface area (Å²) in [6, 6.07) is 6.37. The number of aromatic amines is 1. The minimum absolute atomic E-state index is 1.17. The molecule has 1 heteroatoms. The van der Waals surface area contributed by atoms with E-state index in [1.807, 2.05) is 0 Å². The van der Waals surface area contributed by atoms with Crippen molar-refractivity contribution in [1.29, 1.82) is 0 Å². The van der Waals surface area contributed by atoms with Crippen molar-refractivity contribution in [1.82, 2.24) is 4.98 Å². The van der Waals surface area contributed by atoms with Crippen LogP contribution >= 0.6 is 0 Å². The first kappa shape index (κ1) is 6.47. The van der Waals surface area contributed by atoms with Gasteiger partial charge in [0.05, 0.1) is 6.20 Å². The highest BCUT2D eigenvalue weighted by molar-refractivity contribution is 5.83. The molecule has 1 radical (unpaired) electrons. The van der Waals surface area contributed by atoms with E-state index < -0.39 is 0 Å². The van der Waals surface area contributed by atoms with Crippen molar-refractivity contribution in [3.8, 4) is 0 Å². The quantitative estimate of drug-likeness (QED) is 0.585. The molecular formula is C10H10N. The fourth-order valence-electron chi connectivity index (χ4n) is 1.31. The summed E-state index contributed by atoms with van der Waals surface area (Å²) in [5.41, 5.74) is 3.67. The minimum atomic E-state index is 1.17. The second-order valence-corrected chi connectivity index (χ2v) is 2.92. The fourth-order valence-corrected chi connectivity index (χ4v) is 1.31. The highest BCUT2D eigenvalue weighted by Crippen LogP contribution is 2.17. The van der Waals surface area contributed by atoms with Crippen molar-refractivity contribution >= 4 is 10.9 Å². The summed E-state index contributed by atoms with van der Waals surface area (Å²) in [5.74, 6) is 0. The van der Waals surface area contributed by atoms with E-state index in [1.165, 1.54) is 22.0 Å². The fraction of sp³-hybridized carbons (Fsp3) is 0.200. The smallest absolute Gasteiger partial charge is 0.0663 e. The summed E-state index contributed by atoms with van der Waals surface area (Å²) in [6.45, 7) is 4.17. The number of aryl methyl sites for hydroxylation is 2. The lowest BCUT2D eigenvalue weighted by atomic mass is 10.1. The highest BCUT2D eigenvalue weighted by Gasteiger charge is 1.97. The van der Waals surface area contributed by atoms with Crippen LogP contribution in [0.4, 0.5) is 0 Å². The lowest BCUT2D eigenvalue weighted by Gasteiger charge is -1.92. The molecule has 0 amide bonds. The molecule has 0 spiro atoms. The lowest BCUT2D eigenvalue weighted by molar-refractivity contribution is 1.40. The zero-order valence-corrected chi connectivity index (χ0v) is 6.73. The Kier molecular flexibility index (Phi) is 1.25. The molecule has 0 aliphatic heterocycles. The van der Waals surface area contributed by atoms with Gasteiger partial charge in [-0.2, -0.15) is 0 Å². The predicted octanol–water partition coefficient (Wildman–Crippen LogP) is 2.58. The molecule has 0 unspecified atom stereocenters. The van der Waals surface area contributed by atoms with Crippen LogP contribution in [0.3, 0.4) is 0 Å². The average Bonchev–Trinajstić information content (AvgIpc) is 2.33. The van der Waals surface area contributed by atoms with Crippen LogP contribution in [-0.2, 0) is 0 Å². The van der Waals surface area contributed by atoms with Crippen molar-refractivity contribution in [2.75, 3.05) is 0 Å². The number of H-pyrrole nitrogens is 1. The molecule has 1 N–H and O–H groups in total. The molecule has 1 nitrogen and oxygen atoms in total. The van der Waals surface area contributed by atoms with Gasteiger partial charge in [0.25, 0.3) is 0 Å². The van der Waals surface area contributed by atoms with E-state index in [-0.39, 0.29) is 0 Å². The summed E-state index contributed by atoms with van der Waals surface area (Å²) in [7, 11) is 0. The first-order valence-electron chi connectivity index (χ1n) is 3.74. The van der Waals surface area contributed by atoms with Crippen molar-refractivity contribution < 1.29 is 0 Å². The maximum absolute atomic E-state index is 3.09. The number of aromatic nitrogens is 1. The molecule has 0 saturated carbocycles. The van der Waals surface area contributed by atoms with Crippen molar-refractivity contribution in [2.24, 2.45) is 0 Å². The zero-order chi connectivity index (χ0) is 7.84. The van der Waals surface area contributed by atoms with Crippen LogP contribution in [0.1, 0.15) is 11.1 Å². The van der Waals surface area contributed by atoms with Gasteiger partial charge in [-0.1, -0.05) is 11.6 Å². The third-order valence-electron chi connectivity index (χ3n) is 1.96. The zero-order valence-electron chi connectivity index (χ0n) is 6.73. The third kappa shape index (κ3) is 0.929. The molecule has 0 saturated heterocycles. The predicted molar refractivity (Wildman–Crippen MR) is 46.6 cm³/mol. The second-order valence-electron chi connectivity index (χ2n) is 2.92. The lowest BCUT2D eigenvalue weighted by Crippen LogP contribution is -1.72. The highest BCUT2D eigenvalue weighted by atomic mass is 14.7. The van der Waals surface area contributed by atoms with Gasteiger partial charge in [0, 0.05) is 10.9 Å². The molecule has 0 bridgehead atoms. The normalized spacial score (nSPS) is 10.7. The minimum Gasteiger partial charge on any atom is -0.353 e. The van der Waals surface area contributed by atoms with Crippen LogP contribution in [0.25, 0.3) is 10.9 Å². The van der Waals surface area contributed by atoms with Crippen LogP contribution in [0.2, 0.25) is 0 Å². The van der Waals surface area contributed by atoms with Crippen LogP contribution in [0.5, 0.6) is 0 Å². The Balaban J connectivity index is 2.87. The summed E-state index contributed by atoms with van der Waals surface area (Å²) in [4.78, 5) is 3.09. The molecule has 2 rings (SSSR count). The van der Waals surface area contributed by atoms with E-state index in [0.717, 1.165) is 0 Å². The van der Waals surface area contributed by atoms with Gasteiger partial charge in [-0.15, -0.1) is 0 Å². The molecule has 0 fully saturated rings. The Morgan fingerprint density at radius 2 is 2.09 bits per heavy atom. The number of fused-ring (bicyclic) bond motifs is 1. The van der Waals surface area contributed by atoms with Crippen LogP contribution in [0, 0.1) is 20.0 Å². The molecule has 1 aromatic carbocycles. The largest absolute Gasteiger partial charge is 0.353 e. The molecule has 0 aliphatic carbocycles. The van der Waals surface area contributed by atoms with E-state index in [0.29, 0.717) is 0 Å². The van der Waals surface area contributed by atoms with Gasteiger partial charge in [-0.25, -0.2) is 0 Å². The summed E-state index contributed by atoms with van der Waals surface area (Å²) < 4.78 is 0. The monoisotopic (exact) mass is 144 g/mol. The molecule has 0 aliphatic rings. The van der Waals surface area contributed by atoms with Crippen LogP contribution in [-0.4, -0.2) is 4.98 Å². The molecule has 1 aromatic heterocycles. The van der Waals surface area contributed by atoms with Gasteiger partial charge < -0.3 is 4.98 Å². The van der Waals surface area contributed by atoms with Crippen LogP contribution < -0.4 is 0 Å². The molecule has 0 atom stereocenters. The number of nitrogens with one attached hydrogen (secondary N) is 1. The molecular weight excluding hydrogens is 134 g/mol. The SMILES string of the molecule is Cc1ccc2[nH][c]c(C)c2c1. The first-order chi connectivity index (χ1) is 5.27.